The minimum absolute atomic E-state index is 0.0720. The van der Waals surface area contributed by atoms with Gasteiger partial charge in [-0.25, -0.2) is 4.79 Å². The summed E-state index contributed by atoms with van der Waals surface area (Å²) in [6.45, 7) is 2.69. The van der Waals surface area contributed by atoms with E-state index in [2.05, 4.69) is 10.2 Å². The maximum Gasteiger partial charge on any atom is 0.335 e. The molecule has 0 aromatic heterocycles. The summed E-state index contributed by atoms with van der Waals surface area (Å²) in [5.74, 6) is -1.44. The fourth-order valence-corrected chi connectivity index (χ4v) is 2.79. The first-order chi connectivity index (χ1) is 11.1. The predicted octanol–water partition coefficient (Wildman–Crippen LogP) is 1.35. The summed E-state index contributed by atoms with van der Waals surface area (Å²) in [7, 11) is 0. The molecule has 1 fully saturated rings. The average molecular weight is 320 g/mol. The number of nitrogens with one attached hydrogen (secondary N) is 1. The quantitative estimate of drug-likeness (QED) is 0.736. The molecule has 0 bridgehead atoms. The number of likely N-dealkylation sites (tertiary alicyclic amines) is 1. The SMILES string of the molecule is O=C(O)c1cccc(C(=O)NC[C@H](O)CN2CCCCCC2)c1. The fraction of sp³-hybridized carbons (Fsp3) is 0.529. The van der Waals surface area contributed by atoms with Gasteiger partial charge in [-0.05, 0) is 44.1 Å². The van der Waals surface area contributed by atoms with Crippen LogP contribution in [0.4, 0.5) is 0 Å². The van der Waals surface area contributed by atoms with Gasteiger partial charge < -0.3 is 20.4 Å². The molecule has 3 N–H and O–H groups in total. The van der Waals surface area contributed by atoms with Gasteiger partial charge in [0.25, 0.3) is 5.91 Å². The number of nitrogens with zero attached hydrogens (tertiary/aromatic N) is 1. The van der Waals surface area contributed by atoms with E-state index in [-0.39, 0.29) is 23.6 Å². The Morgan fingerprint density at radius 2 is 1.78 bits per heavy atom. The second-order valence-corrected chi connectivity index (χ2v) is 5.96. The maximum atomic E-state index is 12.0. The van der Waals surface area contributed by atoms with Gasteiger partial charge in [0.2, 0.25) is 0 Å². The second kappa shape index (κ2) is 8.64. The summed E-state index contributed by atoms with van der Waals surface area (Å²) in [6.07, 6.45) is 4.16. The lowest BCUT2D eigenvalue weighted by molar-refractivity contribution is 0.0697. The van der Waals surface area contributed by atoms with Crippen molar-refractivity contribution in [3.05, 3.63) is 35.4 Å². The lowest BCUT2D eigenvalue weighted by Gasteiger charge is -2.23. The smallest absolute Gasteiger partial charge is 0.335 e. The van der Waals surface area contributed by atoms with Crippen molar-refractivity contribution in [3.63, 3.8) is 0 Å². The van der Waals surface area contributed by atoms with Crippen molar-refractivity contribution >= 4 is 11.9 Å². The van der Waals surface area contributed by atoms with E-state index in [1.54, 1.807) is 6.07 Å². The first kappa shape index (κ1) is 17.4. The maximum absolute atomic E-state index is 12.0. The number of carboxylic acids is 1. The number of hydrogen-bond donors (Lipinski definition) is 3. The van der Waals surface area contributed by atoms with Crippen molar-refractivity contribution in [2.24, 2.45) is 0 Å². The van der Waals surface area contributed by atoms with Crippen LogP contribution >= 0.6 is 0 Å². The van der Waals surface area contributed by atoms with Gasteiger partial charge in [0.1, 0.15) is 0 Å². The van der Waals surface area contributed by atoms with Crippen molar-refractivity contribution in [2.45, 2.75) is 31.8 Å². The first-order valence-electron chi connectivity index (χ1n) is 8.08. The third-order valence-electron chi connectivity index (χ3n) is 4.04. The molecule has 1 heterocycles. The van der Waals surface area contributed by atoms with Crippen LogP contribution in [0.3, 0.4) is 0 Å². The van der Waals surface area contributed by atoms with Crippen LogP contribution in [-0.4, -0.2) is 59.3 Å². The van der Waals surface area contributed by atoms with E-state index in [1.165, 1.54) is 31.0 Å². The minimum atomic E-state index is -1.07. The molecule has 0 radical (unpaired) electrons. The number of rotatable bonds is 6. The molecule has 2 rings (SSSR count). The zero-order chi connectivity index (χ0) is 16.7. The molecule has 126 valence electrons. The van der Waals surface area contributed by atoms with E-state index in [9.17, 15) is 14.7 Å². The Balaban J connectivity index is 1.81. The number of amides is 1. The first-order valence-corrected chi connectivity index (χ1v) is 8.08. The Labute approximate surface area is 136 Å². The minimum Gasteiger partial charge on any atom is -0.478 e. The zero-order valence-electron chi connectivity index (χ0n) is 13.2. The van der Waals surface area contributed by atoms with E-state index >= 15 is 0 Å². The number of benzene rings is 1. The summed E-state index contributed by atoms with van der Waals surface area (Å²) in [5, 5.41) is 21.7. The van der Waals surface area contributed by atoms with Crippen LogP contribution in [0.1, 0.15) is 46.4 Å². The van der Waals surface area contributed by atoms with Crippen LogP contribution in [-0.2, 0) is 0 Å². The number of aliphatic hydroxyl groups is 1. The molecule has 0 saturated carbocycles. The van der Waals surface area contributed by atoms with Gasteiger partial charge in [-0.2, -0.15) is 0 Å². The van der Waals surface area contributed by atoms with Gasteiger partial charge in [0.15, 0.2) is 0 Å². The standard InChI is InChI=1S/C17H24N2O4/c20-15(12-19-8-3-1-2-4-9-19)11-18-16(21)13-6-5-7-14(10-13)17(22)23/h5-7,10,15,20H,1-4,8-9,11-12H2,(H,18,21)(H,22,23)/t15-/m0/s1. The summed E-state index contributed by atoms with van der Waals surface area (Å²) >= 11 is 0. The molecule has 1 aliphatic rings. The summed E-state index contributed by atoms with van der Waals surface area (Å²) in [6, 6.07) is 5.86. The van der Waals surface area contributed by atoms with Gasteiger partial charge in [0, 0.05) is 18.7 Å². The van der Waals surface area contributed by atoms with E-state index in [4.69, 9.17) is 5.11 Å². The van der Waals surface area contributed by atoms with E-state index in [0.717, 1.165) is 25.9 Å². The molecule has 0 unspecified atom stereocenters. The molecule has 1 atom stereocenters. The van der Waals surface area contributed by atoms with Crippen molar-refractivity contribution in [3.8, 4) is 0 Å². The van der Waals surface area contributed by atoms with Crippen molar-refractivity contribution in [1.82, 2.24) is 10.2 Å². The average Bonchev–Trinajstić information content (AvgIpc) is 2.81. The summed E-state index contributed by atoms with van der Waals surface area (Å²) < 4.78 is 0. The zero-order valence-corrected chi connectivity index (χ0v) is 13.2. The largest absolute Gasteiger partial charge is 0.478 e. The Morgan fingerprint density at radius 3 is 2.43 bits per heavy atom. The van der Waals surface area contributed by atoms with Crippen molar-refractivity contribution in [2.75, 3.05) is 26.2 Å². The molecule has 6 nitrogen and oxygen atoms in total. The third kappa shape index (κ3) is 5.65. The molecule has 0 aliphatic carbocycles. The van der Waals surface area contributed by atoms with Gasteiger partial charge in [-0.3, -0.25) is 4.79 Å². The molecule has 0 spiro atoms. The lowest BCUT2D eigenvalue weighted by Crippen LogP contribution is -2.40. The second-order valence-electron chi connectivity index (χ2n) is 5.96. The number of β-amino-alcohol motifs (C(OH)–C–C–N with tert-alkyl or cyclic N) is 1. The Bertz CT molecular complexity index is 539. The summed E-state index contributed by atoms with van der Waals surface area (Å²) in [5.41, 5.74) is 0.356. The van der Waals surface area contributed by atoms with Gasteiger partial charge in [0.05, 0.1) is 11.7 Å². The van der Waals surface area contributed by atoms with E-state index in [0.29, 0.717) is 6.54 Å². The number of aliphatic hydroxyl groups excluding tert-OH is 1. The van der Waals surface area contributed by atoms with Crippen LogP contribution in [0.2, 0.25) is 0 Å². The third-order valence-corrected chi connectivity index (χ3v) is 4.04. The molecular formula is C17H24N2O4. The van der Waals surface area contributed by atoms with Crippen molar-refractivity contribution < 1.29 is 19.8 Å². The molecule has 1 aliphatic heterocycles. The van der Waals surface area contributed by atoms with Gasteiger partial charge >= 0.3 is 5.97 Å². The molecule has 1 amide bonds. The number of carbonyl (C=O) groups excluding carboxylic acids is 1. The van der Waals surface area contributed by atoms with Crippen LogP contribution in [0, 0.1) is 0 Å². The molecular weight excluding hydrogens is 296 g/mol. The highest BCUT2D eigenvalue weighted by Crippen LogP contribution is 2.10. The summed E-state index contributed by atoms with van der Waals surface area (Å²) in [4.78, 5) is 25.2. The van der Waals surface area contributed by atoms with Crippen molar-refractivity contribution in [1.29, 1.82) is 0 Å². The molecule has 23 heavy (non-hydrogen) atoms. The molecule has 1 aromatic carbocycles. The van der Waals surface area contributed by atoms with Crippen LogP contribution in [0.15, 0.2) is 24.3 Å². The highest BCUT2D eigenvalue weighted by molar-refractivity contribution is 5.97. The van der Waals surface area contributed by atoms with Gasteiger partial charge in [-0.1, -0.05) is 18.9 Å². The Kier molecular flexibility index (Phi) is 6.55. The van der Waals surface area contributed by atoms with Crippen LogP contribution in [0.25, 0.3) is 0 Å². The predicted molar refractivity (Wildman–Crippen MR) is 86.6 cm³/mol. The van der Waals surface area contributed by atoms with Crippen LogP contribution < -0.4 is 5.32 Å². The molecule has 1 aromatic rings. The van der Waals surface area contributed by atoms with E-state index in [1.807, 2.05) is 0 Å². The molecule has 1 saturated heterocycles. The highest BCUT2D eigenvalue weighted by atomic mass is 16.4. The Morgan fingerprint density at radius 1 is 1.13 bits per heavy atom. The fourth-order valence-electron chi connectivity index (χ4n) is 2.79. The van der Waals surface area contributed by atoms with Gasteiger partial charge in [-0.15, -0.1) is 0 Å². The topological polar surface area (TPSA) is 89.9 Å². The Hall–Kier alpha value is -1.92. The molecule has 6 heteroatoms. The highest BCUT2D eigenvalue weighted by Gasteiger charge is 2.15. The monoisotopic (exact) mass is 320 g/mol. The number of carboxylic acid groups (broad SMARTS) is 1. The number of aromatic carboxylic acids is 1. The van der Waals surface area contributed by atoms with E-state index < -0.39 is 12.1 Å². The number of hydrogen-bond acceptors (Lipinski definition) is 4. The number of carbonyl (C=O) groups is 2. The normalized spacial score (nSPS) is 17.3. The lowest BCUT2D eigenvalue weighted by atomic mass is 10.1. The van der Waals surface area contributed by atoms with Crippen LogP contribution in [0.5, 0.6) is 0 Å².